The van der Waals surface area contributed by atoms with E-state index in [-0.39, 0.29) is 30.1 Å². The molecule has 1 saturated heterocycles. The van der Waals surface area contributed by atoms with Crippen molar-refractivity contribution in [3.05, 3.63) is 11.7 Å². The Labute approximate surface area is 173 Å². The Morgan fingerprint density at radius 1 is 1.38 bits per heavy atom. The van der Waals surface area contributed by atoms with Crippen LogP contribution < -0.4 is 10.6 Å². The van der Waals surface area contributed by atoms with Crippen molar-refractivity contribution in [1.82, 2.24) is 25.7 Å². The van der Waals surface area contributed by atoms with Crippen LogP contribution in [0.5, 0.6) is 0 Å². The van der Waals surface area contributed by atoms with Gasteiger partial charge in [0.1, 0.15) is 0 Å². The zero-order chi connectivity index (χ0) is 18.1. The first-order valence-electron chi connectivity index (χ1n) is 9.22. The molecule has 9 heteroatoms. The Kier molecular flexibility index (Phi) is 11.1. The molecule has 0 radical (unpaired) electrons. The molecule has 1 aromatic rings. The molecule has 0 bridgehead atoms. The molecule has 2 rings (SSSR count). The van der Waals surface area contributed by atoms with Crippen LogP contribution >= 0.6 is 24.0 Å². The van der Waals surface area contributed by atoms with Gasteiger partial charge in [-0.1, -0.05) is 19.0 Å². The largest absolute Gasteiger partial charge is 0.374 e. The smallest absolute Gasteiger partial charge is 0.228 e. The topological polar surface area (TPSA) is 87.8 Å². The van der Waals surface area contributed by atoms with Crippen LogP contribution in [0.4, 0.5) is 0 Å². The van der Waals surface area contributed by atoms with E-state index in [0.717, 1.165) is 38.7 Å². The summed E-state index contributed by atoms with van der Waals surface area (Å²) in [5, 5.41) is 10.4. The molecule has 1 unspecified atom stereocenters. The number of hydrogen-bond acceptors (Lipinski definition) is 6. The van der Waals surface area contributed by atoms with Gasteiger partial charge in [0.05, 0.1) is 19.3 Å². The van der Waals surface area contributed by atoms with E-state index in [1.165, 1.54) is 0 Å². The van der Waals surface area contributed by atoms with Crippen molar-refractivity contribution >= 4 is 29.9 Å². The molecule has 0 aliphatic carbocycles. The minimum absolute atomic E-state index is 0. The Morgan fingerprint density at radius 3 is 2.85 bits per heavy atom. The number of hydrogen-bond donors (Lipinski definition) is 2. The number of aryl methyl sites for hydroxylation is 1. The summed E-state index contributed by atoms with van der Waals surface area (Å²) >= 11 is 0. The molecule has 150 valence electrons. The van der Waals surface area contributed by atoms with Gasteiger partial charge in [-0.2, -0.15) is 4.98 Å². The zero-order valence-corrected chi connectivity index (χ0v) is 18.7. The standard InChI is InChI=1S/C17H32N6O2.HI/c1-5-18-17(19-7-6-16-21-14(4)22-25-16)20-10-15-12-23(8-9-24-15)11-13(2)3;/h13,15H,5-12H2,1-4H3,(H2,18,19,20);1H. The Morgan fingerprint density at radius 2 is 2.19 bits per heavy atom. The van der Waals surface area contributed by atoms with Gasteiger partial charge in [0.15, 0.2) is 11.8 Å². The van der Waals surface area contributed by atoms with E-state index in [0.29, 0.717) is 37.1 Å². The number of nitrogens with one attached hydrogen (secondary N) is 2. The van der Waals surface area contributed by atoms with Gasteiger partial charge in [0, 0.05) is 39.1 Å². The number of aliphatic imine (C=N–C) groups is 1. The Balaban J connectivity index is 0.00000338. The summed E-state index contributed by atoms with van der Waals surface area (Å²) < 4.78 is 11.0. The second-order valence-electron chi connectivity index (χ2n) is 6.78. The number of rotatable bonds is 8. The summed E-state index contributed by atoms with van der Waals surface area (Å²) in [7, 11) is 0. The lowest BCUT2D eigenvalue weighted by molar-refractivity contribution is -0.0261. The Bertz CT molecular complexity index is 537. The molecule has 0 saturated carbocycles. The second-order valence-corrected chi connectivity index (χ2v) is 6.78. The molecule has 0 spiro atoms. The van der Waals surface area contributed by atoms with Gasteiger partial charge < -0.3 is 19.9 Å². The van der Waals surface area contributed by atoms with Gasteiger partial charge in [0.2, 0.25) is 5.89 Å². The molecule has 2 N–H and O–H groups in total. The quantitative estimate of drug-likeness (QED) is 0.331. The molecule has 26 heavy (non-hydrogen) atoms. The van der Waals surface area contributed by atoms with Crippen molar-refractivity contribution in [2.24, 2.45) is 10.9 Å². The maximum absolute atomic E-state index is 5.86. The molecule has 1 fully saturated rings. The highest BCUT2D eigenvalue weighted by molar-refractivity contribution is 14.0. The number of nitrogens with zero attached hydrogens (tertiary/aromatic N) is 4. The highest BCUT2D eigenvalue weighted by Gasteiger charge is 2.20. The van der Waals surface area contributed by atoms with Crippen molar-refractivity contribution < 1.29 is 9.26 Å². The minimum Gasteiger partial charge on any atom is -0.374 e. The van der Waals surface area contributed by atoms with E-state index in [2.05, 4.69) is 51.4 Å². The van der Waals surface area contributed by atoms with Gasteiger partial charge in [-0.15, -0.1) is 24.0 Å². The van der Waals surface area contributed by atoms with E-state index < -0.39 is 0 Å². The molecule has 1 atom stereocenters. The summed E-state index contributed by atoms with van der Waals surface area (Å²) in [6.45, 7) is 14.4. The third kappa shape index (κ3) is 8.63. The number of ether oxygens (including phenoxy) is 1. The third-order valence-corrected chi connectivity index (χ3v) is 3.84. The second kappa shape index (κ2) is 12.4. The normalized spacial score (nSPS) is 18.7. The molecule has 1 aromatic heterocycles. The third-order valence-electron chi connectivity index (χ3n) is 3.84. The fourth-order valence-electron chi connectivity index (χ4n) is 2.84. The van der Waals surface area contributed by atoms with Crippen molar-refractivity contribution in [2.45, 2.75) is 40.2 Å². The molecule has 1 aliphatic heterocycles. The van der Waals surface area contributed by atoms with Crippen molar-refractivity contribution in [3.8, 4) is 0 Å². The van der Waals surface area contributed by atoms with E-state index in [9.17, 15) is 0 Å². The van der Waals surface area contributed by atoms with Crippen molar-refractivity contribution in [2.75, 3.05) is 45.9 Å². The van der Waals surface area contributed by atoms with Crippen LogP contribution in [0.2, 0.25) is 0 Å². The fraction of sp³-hybridized carbons (Fsp3) is 0.824. The SMILES string of the molecule is CCNC(=NCC1CN(CC(C)C)CCO1)NCCc1nc(C)no1.I. The summed E-state index contributed by atoms with van der Waals surface area (Å²) in [4.78, 5) is 11.3. The molecule has 1 aliphatic rings. The van der Waals surface area contributed by atoms with Crippen LogP contribution in [0.25, 0.3) is 0 Å². The average molecular weight is 480 g/mol. The van der Waals surface area contributed by atoms with E-state index in [1.807, 2.05) is 6.92 Å². The van der Waals surface area contributed by atoms with Gasteiger partial charge in [-0.3, -0.25) is 9.89 Å². The highest BCUT2D eigenvalue weighted by atomic mass is 127. The van der Waals surface area contributed by atoms with E-state index in [1.54, 1.807) is 0 Å². The number of morpholine rings is 1. The minimum atomic E-state index is 0. The number of guanidine groups is 1. The number of aromatic nitrogens is 2. The van der Waals surface area contributed by atoms with Gasteiger partial charge in [-0.05, 0) is 19.8 Å². The summed E-state index contributed by atoms with van der Waals surface area (Å²) in [6.07, 6.45) is 0.828. The van der Waals surface area contributed by atoms with Gasteiger partial charge in [0.25, 0.3) is 0 Å². The molecule has 0 amide bonds. The summed E-state index contributed by atoms with van der Waals surface area (Å²) in [6, 6.07) is 0. The van der Waals surface area contributed by atoms with Crippen molar-refractivity contribution in [1.29, 1.82) is 0 Å². The molecule has 8 nitrogen and oxygen atoms in total. The maximum atomic E-state index is 5.86. The van der Waals surface area contributed by atoms with Crippen LogP contribution in [-0.2, 0) is 11.2 Å². The first kappa shape index (κ1) is 23.1. The first-order chi connectivity index (χ1) is 12.1. The molecular weight excluding hydrogens is 447 g/mol. The van der Waals surface area contributed by atoms with Gasteiger partial charge >= 0.3 is 0 Å². The van der Waals surface area contributed by atoms with Crippen LogP contribution in [0, 0.1) is 12.8 Å². The lowest BCUT2D eigenvalue weighted by Crippen LogP contribution is -2.46. The monoisotopic (exact) mass is 480 g/mol. The molecule has 0 aromatic carbocycles. The predicted molar refractivity (Wildman–Crippen MR) is 113 cm³/mol. The Hall–Kier alpha value is -0.940. The van der Waals surface area contributed by atoms with Crippen LogP contribution in [0.15, 0.2) is 9.52 Å². The lowest BCUT2D eigenvalue weighted by Gasteiger charge is -2.33. The van der Waals surface area contributed by atoms with E-state index in [4.69, 9.17) is 9.26 Å². The van der Waals surface area contributed by atoms with Gasteiger partial charge in [-0.25, -0.2) is 0 Å². The van der Waals surface area contributed by atoms with Crippen LogP contribution in [0.1, 0.15) is 32.5 Å². The zero-order valence-electron chi connectivity index (χ0n) is 16.3. The fourth-order valence-corrected chi connectivity index (χ4v) is 2.84. The molecular formula is C17H33IN6O2. The van der Waals surface area contributed by atoms with Crippen molar-refractivity contribution in [3.63, 3.8) is 0 Å². The van der Waals surface area contributed by atoms with Crippen LogP contribution in [0.3, 0.4) is 0 Å². The summed E-state index contributed by atoms with van der Waals surface area (Å²) in [5.41, 5.74) is 0. The highest BCUT2D eigenvalue weighted by Crippen LogP contribution is 2.08. The summed E-state index contributed by atoms with van der Waals surface area (Å²) in [5.74, 6) is 2.77. The lowest BCUT2D eigenvalue weighted by atomic mass is 10.2. The maximum Gasteiger partial charge on any atom is 0.228 e. The number of halogens is 1. The van der Waals surface area contributed by atoms with Crippen LogP contribution in [-0.4, -0.2) is 73.0 Å². The first-order valence-corrected chi connectivity index (χ1v) is 9.22. The predicted octanol–water partition coefficient (Wildman–Crippen LogP) is 1.45. The van der Waals surface area contributed by atoms with E-state index >= 15 is 0 Å². The molecule has 2 heterocycles. The average Bonchev–Trinajstić information content (AvgIpc) is 2.98.